The van der Waals surface area contributed by atoms with Crippen molar-refractivity contribution in [2.24, 2.45) is 0 Å². The average Bonchev–Trinajstić information content (AvgIpc) is 2.91. The molecule has 2 aromatic heterocycles. The summed E-state index contributed by atoms with van der Waals surface area (Å²) in [6, 6.07) is 5.19. The fraction of sp³-hybridized carbons (Fsp3) is 0.308. The van der Waals surface area contributed by atoms with E-state index in [0.717, 1.165) is 0 Å². The quantitative estimate of drug-likeness (QED) is 0.874. The highest BCUT2D eigenvalue weighted by Gasteiger charge is 2.15. The minimum absolute atomic E-state index is 0.0442. The zero-order chi connectivity index (χ0) is 13.7. The Labute approximate surface area is 111 Å². The number of carbonyl (C=O) groups is 1. The third-order valence-corrected chi connectivity index (χ3v) is 2.61. The Kier molecular flexibility index (Phi) is 4.12. The van der Waals surface area contributed by atoms with Crippen LogP contribution in [0.2, 0.25) is 0 Å². The molecule has 100 valence electrons. The van der Waals surface area contributed by atoms with E-state index in [0.29, 0.717) is 18.0 Å². The van der Waals surface area contributed by atoms with Gasteiger partial charge in [0.2, 0.25) is 5.88 Å². The maximum absolute atomic E-state index is 12.1. The van der Waals surface area contributed by atoms with Gasteiger partial charge in [-0.15, -0.1) is 0 Å². The van der Waals surface area contributed by atoms with Crippen LogP contribution in [0, 0.1) is 0 Å². The summed E-state index contributed by atoms with van der Waals surface area (Å²) in [6.45, 7) is 2.53. The van der Waals surface area contributed by atoms with Gasteiger partial charge in [-0.05, 0) is 25.1 Å². The first-order chi connectivity index (χ1) is 9.20. The van der Waals surface area contributed by atoms with Gasteiger partial charge in [0.25, 0.3) is 5.91 Å². The van der Waals surface area contributed by atoms with E-state index in [1.54, 1.807) is 29.2 Å². The fourth-order valence-corrected chi connectivity index (χ4v) is 1.76. The van der Waals surface area contributed by atoms with Crippen LogP contribution in [0.1, 0.15) is 17.3 Å². The van der Waals surface area contributed by atoms with Crippen LogP contribution in [0.15, 0.2) is 36.8 Å². The summed E-state index contributed by atoms with van der Waals surface area (Å²) in [4.78, 5) is 16.1. The number of aromatic nitrogens is 3. The van der Waals surface area contributed by atoms with Crippen LogP contribution in [-0.2, 0) is 6.54 Å². The molecule has 0 aliphatic carbocycles. The van der Waals surface area contributed by atoms with Gasteiger partial charge in [0.05, 0.1) is 13.7 Å². The van der Waals surface area contributed by atoms with Crippen molar-refractivity contribution in [3.05, 3.63) is 42.4 Å². The van der Waals surface area contributed by atoms with Crippen LogP contribution in [0.5, 0.6) is 5.88 Å². The molecule has 2 heterocycles. The molecule has 0 unspecified atom stereocenters. The number of hydrogen-bond donors (Lipinski definition) is 1. The Hall–Kier alpha value is -2.37. The van der Waals surface area contributed by atoms with E-state index in [1.807, 2.05) is 19.2 Å². The molecule has 0 aliphatic rings. The number of ether oxygens (including phenoxy) is 1. The van der Waals surface area contributed by atoms with E-state index in [4.69, 9.17) is 4.74 Å². The van der Waals surface area contributed by atoms with Crippen molar-refractivity contribution in [3.63, 3.8) is 0 Å². The monoisotopic (exact) mass is 260 g/mol. The molecule has 1 amide bonds. The molecule has 0 bridgehead atoms. The number of rotatable bonds is 5. The smallest absolute Gasteiger partial charge is 0.257 e. The molecular formula is C13H16N4O2. The highest BCUT2D eigenvalue weighted by molar-refractivity contribution is 5.96. The van der Waals surface area contributed by atoms with Crippen LogP contribution >= 0.6 is 0 Å². The molecule has 19 heavy (non-hydrogen) atoms. The summed E-state index contributed by atoms with van der Waals surface area (Å²) in [5, 5.41) is 6.99. The van der Waals surface area contributed by atoms with Gasteiger partial charge < -0.3 is 10.1 Å². The Bertz CT molecular complexity index is 539. The lowest BCUT2D eigenvalue weighted by atomic mass is 10.2. The summed E-state index contributed by atoms with van der Waals surface area (Å²) < 4.78 is 6.83. The van der Waals surface area contributed by atoms with Crippen LogP contribution in [-0.4, -0.2) is 33.8 Å². The van der Waals surface area contributed by atoms with Crippen LogP contribution < -0.4 is 10.1 Å². The van der Waals surface area contributed by atoms with Crippen molar-refractivity contribution in [3.8, 4) is 5.88 Å². The zero-order valence-electron chi connectivity index (χ0n) is 10.9. The average molecular weight is 260 g/mol. The van der Waals surface area contributed by atoms with Crippen LogP contribution in [0.4, 0.5) is 0 Å². The van der Waals surface area contributed by atoms with E-state index in [1.165, 1.54) is 7.11 Å². The maximum Gasteiger partial charge on any atom is 0.257 e. The number of nitrogens with zero attached hydrogens (tertiary/aromatic N) is 3. The molecule has 6 nitrogen and oxygen atoms in total. The van der Waals surface area contributed by atoms with Gasteiger partial charge in [-0.25, -0.2) is 4.98 Å². The highest BCUT2D eigenvalue weighted by Crippen LogP contribution is 2.13. The van der Waals surface area contributed by atoms with Crippen molar-refractivity contribution in [1.82, 2.24) is 20.1 Å². The van der Waals surface area contributed by atoms with Crippen LogP contribution in [0.25, 0.3) is 0 Å². The second kappa shape index (κ2) is 5.99. The molecule has 6 heteroatoms. The molecule has 0 aromatic carbocycles. The fourth-order valence-electron chi connectivity index (χ4n) is 1.76. The van der Waals surface area contributed by atoms with Gasteiger partial charge in [0.1, 0.15) is 5.56 Å². The molecule has 1 atom stereocenters. The lowest BCUT2D eigenvalue weighted by molar-refractivity contribution is 0.0932. The molecule has 0 radical (unpaired) electrons. The molecule has 2 aromatic rings. The van der Waals surface area contributed by atoms with Gasteiger partial charge in [0.15, 0.2) is 0 Å². The molecule has 0 spiro atoms. The number of methoxy groups -OCH3 is 1. The third kappa shape index (κ3) is 3.31. The van der Waals surface area contributed by atoms with Gasteiger partial charge in [-0.3, -0.25) is 9.48 Å². The highest BCUT2D eigenvalue weighted by atomic mass is 16.5. The summed E-state index contributed by atoms with van der Waals surface area (Å²) in [6.07, 6.45) is 5.15. The molecule has 0 aliphatic heterocycles. The normalized spacial score (nSPS) is 11.9. The third-order valence-electron chi connectivity index (χ3n) is 2.61. The van der Waals surface area contributed by atoms with Crippen molar-refractivity contribution in [2.75, 3.05) is 7.11 Å². The SMILES string of the molecule is COc1ncccc1C(=O)N[C@@H](C)Cn1cccn1. The first kappa shape index (κ1) is 13.1. The lowest BCUT2D eigenvalue weighted by Gasteiger charge is -2.14. The Morgan fingerprint density at radius 2 is 2.32 bits per heavy atom. The topological polar surface area (TPSA) is 69.0 Å². The number of carbonyl (C=O) groups excluding carboxylic acids is 1. The van der Waals surface area contributed by atoms with E-state index < -0.39 is 0 Å². The Morgan fingerprint density at radius 1 is 1.47 bits per heavy atom. The summed E-state index contributed by atoms with van der Waals surface area (Å²) in [7, 11) is 1.49. The van der Waals surface area contributed by atoms with E-state index >= 15 is 0 Å². The lowest BCUT2D eigenvalue weighted by Crippen LogP contribution is -2.36. The molecule has 0 fully saturated rings. The van der Waals surface area contributed by atoms with Crippen molar-refractivity contribution in [1.29, 1.82) is 0 Å². The second-order valence-corrected chi connectivity index (χ2v) is 4.16. The standard InChI is InChI=1S/C13H16N4O2/c1-10(9-17-8-4-7-15-17)16-12(18)11-5-3-6-14-13(11)19-2/h3-8,10H,9H2,1-2H3,(H,16,18)/t10-/m0/s1. The Balaban J connectivity index is 2.00. The van der Waals surface area contributed by atoms with E-state index in [-0.39, 0.29) is 11.9 Å². The predicted octanol–water partition coefficient (Wildman–Crippen LogP) is 1.11. The van der Waals surface area contributed by atoms with Gasteiger partial charge in [-0.2, -0.15) is 5.10 Å². The maximum atomic E-state index is 12.1. The molecule has 0 saturated heterocycles. The largest absolute Gasteiger partial charge is 0.480 e. The second-order valence-electron chi connectivity index (χ2n) is 4.16. The van der Waals surface area contributed by atoms with Gasteiger partial charge in [-0.1, -0.05) is 0 Å². The van der Waals surface area contributed by atoms with E-state index in [9.17, 15) is 4.79 Å². The number of amides is 1. The first-order valence-electron chi connectivity index (χ1n) is 5.98. The summed E-state index contributed by atoms with van der Waals surface area (Å²) in [5.74, 6) is 0.121. The summed E-state index contributed by atoms with van der Waals surface area (Å²) in [5.41, 5.74) is 0.428. The number of nitrogens with one attached hydrogen (secondary N) is 1. The molecule has 2 rings (SSSR count). The molecular weight excluding hydrogens is 244 g/mol. The minimum Gasteiger partial charge on any atom is -0.480 e. The number of hydrogen-bond acceptors (Lipinski definition) is 4. The van der Waals surface area contributed by atoms with Gasteiger partial charge in [0, 0.05) is 24.6 Å². The molecule has 0 saturated carbocycles. The van der Waals surface area contributed by atoms with Crippen LogP contribution in [0.3, 0.4) is 0 Å². The van der Waals surface area contributed by atoms with Crippen molar-refractivity contribution in [2.45, 2.75) is 19.5 Å². The first-order valence-corrected chi connectivity index (χ1v) is 5.98. The van der Waals surface area contributed by atoms with E-state index in [2.05, 4.69) is 15.4 Å². The predicted molar refractivity (Wildman–Crippen MR) is 69.9 cm³/mol. The number of pyridine rings is 1. The van der Waals surface area contributed by atoms with Crippen molar-refractivity contribution >= 4 is 5.91 Å². The van der Waals surface area contributed by atoms with Crippen molar-refractivity contribution < 1.29 is 9.53 Å². The Morgan fingerprint density at radius 3 is 3.00 bits per heavy atom. The zero-order valence-corrected chi connectivity index (χ0v) is 10.9. The summed E-state index contributed by atoms with van der Waals surface area (Å²) >= 11 is 0. The van der Waals surface area contributed by atoms with Gasteiger partial charge >= 0.3 is 0 Å². The minimum atomic E-state index is -0.204. The molecule has 1 N–H and O–H groups in total.